The number of aryl methyl sites for hydroxylation is 1. The number of amides is 10. The second-order valence-corrected chi connectivity index (χ2v) is 28.5. The number of esters is 1. The second-order valence-electron chi connectivity index (χ2n) is 28.5. The number of nitrogens with zero attached hydrogens (tertiary/aromatic N) is 8. The Hall–Kier alpha value is -6.83. The van der Waals surface area contributed by atoms with Gasteiger partial charge < -0.3 is 65.6 Å². The Bertz CT molecular complexity index is 2660. The molecule has 26 nitrogen and oxygen atoms in total. The van der Waals surface area contributed by atoms with E-state index in [0.717, 1.165) is 14.7 Å². The topological polar surface area (TPSA) is 331 Å². The number of aromatic nitrogens is 2. The molecule has 93 heavy (non-hydrogen) atoms. The minimum Gasteiger partial charge on any atom is -0.450 e. The van der Waals surface area contributed by atoms with Crippen molar-refractivity contribution in [2.75, 3.05) is 48.8 Å². The molecule has 10 amide bonds. The van der Waals surface area contributed by atoms with Gasteiger partial charge >= 0.3 is 5.97 Å². The van der Waals surface area contributed by atoms with E-state index in [-0.39, 0.29) is 61.7 Å². The molecule has 1 saturated heterocycles. The molecule has 0 spiro atoms. The first-order valence-electron chi connectivity index (χ1n) is 33.2. The standard InChI is InChI=1S/C67H116N12O14/c1-36(2)30-46-62(87)76(20)49(33-39(7)8)58(83)70-44(16)67(92)93-57(42(13)14)66(91)77(21)50(34-40(9)10)60(85)72-47(31-37(3)4)63(88)78(22)54(41(11)12)65(90)79(23)55(56(82)43(15)26-24-27-51-68-28-25-29-69-51)61(86)73-53(45(17)80)64(89)74(18)35-52(81)75(19)48(32-38(5)6)59(84)71-46/h25,28-29,36-50,53-57,80,82H,24,26-27,30-35H2,1-23H3,(H,70,83)(H,71,84)(H,72,85)(H,73,86)/t43-,44+,45-,46+,47-,48+,49+,50+,53+,54+,55+,56-,57-/m1/s1. The second kappa shape index (κ2) is 37.9. The molecule has 0 aromatic carbocycles. The minimum absolute atomic E-state index is 0.0695. The highest BCUT2D eigenvalue weighted by Crippen LogP contribution is 2.25. The summed E-state index contributed by atoms with van der Waals surface area (Å²) >= 11 is 0. The Morgan fingerprint density at radius 2 is 0.914 bits per heavy atom. The van der Waals surface area contributed by atoms with E-state index in [1.165, 1.54) is 70.8 Å². The van der Waals surface area contributed by atoms with Crippen LogP contribution in [0.3, 0.4) is 0 Å². The lowest BCUT2D eigenvalue weighted by molar-refractivity contribution is -0.166. The molecule has 528 valence electrons. The van der Waals surface area contributed by atoms with Crippen molar-refractivity contribution in [1.29, 1.82) is 0 Å². The first kappa shape index (κ1) is 82.3. The van der Waals surface area contributed by atoms with Gasteiger partial charge in [0.05, 0.1) is 18.8 Å². The molecule has 1 fully saturated rings. The van der Waals surface area contributed by atoms with Crippen molar-refractivity contribution >= 4 is 65.0 Å². The van der Waals surface area contributed by atoms with Gasteiger partial charge in [-0.25, -0.2) is 14.8 Å². The van der Waals surface area contributed by atoms with Crippen LogP contribution in [0.15, 0.2) is 18.5 Å². The zero-order valence-corrected chi connectivity index (χ0v) is 60.0. The summed E-state index contributed by atoms with van der Waals surface area (Å²) < 4.78 is 5.91. The maximum atomic E-state index is 15.3. The minimum atomic E-state index is -1.77. The van der Waals surface area contributed by atoms with Crippen LogP contribution in [0.1, 0.15) is 168 Å². The van der Waals surface area contributed by atoms with Crippen LogP contribution < -0.4 is 21.3 Å². The smallest absolute Gasteiger partial charge is 0.329 e. The van der Waals surface area contributed by atoms with Crippen molar-refractivity contribution < 1.29 is 67.7 Å². The highest BCUT2D eigenvalue weighted by Gasteiger charge is 2.46. The molecule has 1 aliphatic rings. The van der Waals surface area contributed by atoms with E-state index in [4.69, 9.17) is 4.74 Å². The molecule has 0 bridgehead atoms. The third-order valence-electron chi connectivity index (χ3n) is 17.0. The maximum absolute atomic E-state index is 15.3. The quantitative estimate of drug-likeness (QED) is 0.108. The van der Waals surface area contributed by atoms with E-state index < -0.39 is 162 Å². The van der Waals surface area contributed by atoms with E-state index in [1.807, 2.05) is 69.2 Å². The molecular weight excluding hydrogens is 1200 g/mol. The molecule has 2 rings (SSSR count). The van der Waals surface area contributed by atoms with Crippen molar-refractivity contribution in [3.05, 3.63) is 24.3 Å². The third-order valence-corrected chi connectivity index (χ3v) is 17.0. The van der Waals surface area contributed by atoms with Crippen molar-refractivity contribution in [2.24, 2.45) is 47.3 Å². The molecule has 13 atom stereocenters. The maximum Gasteiger partial charge on any atom is 0.329 e. The molecule has 0 radical (unpaired) electrons. The normalized spacial score (nSPS) is 25.8. The Morgan fingerprint density at radius 3 is 1.34 bits per heavy atom. The number of hydrogen-bond acceptors (Lipinski definition) is 16. The molecule has 0 saturated carbocycles. The van der Waals surface area contributed by atoms with Crippen LogP contribution >= 0.6 is 0 Å². The number of hydrogen-bond donors (Lipinski definition) is 6. The van der Waals surface area contributed by atoms with Gasteiger partial charge in [0.1, 0.15) is 60.2 Å². The number of cyclic esters (lactones) is 1. The third kappa shape index (κ3) is 24.5. The van der Waals surface area contributed by atoms with Gasteiger partial charge in [0.15, 0.2) is 6.10 Å². The summed E-state index contributed by atoms with van der Waals surface area (Å²) in [4.78, 5) is 177. The van der Waals surface area contributed by atoms with E-state index in [9.17, 15) is 48.6 Å². The van der Waals surface area contributed by atoms with Gasteiger partial charge in [-0.15, -0.1) is 0 Å². The first-order chi connectivity index (χ1) is 43.1. The molecule has 26 heteroatoms. The summed E-state index contributed by atoms with van der Waals surface area (Å²) in [7, 11) is 8.12. The molecule has 0 unspecified atom stereocenters. The van der Waals surface area contributed by atoms with Crippen LogP contribution in [0.2, 0.25) is 0 Å². The van der Waals surface area contributed by atoms with Crippen LogP contribution in [0.4, 0.5) is 0 Å². The SMILES string of the molecule is CC(C)C[C@@H]1NC(=O)[C@H](CC(C)C)N(C)C(=O)CN(C)C(=O)[C@H]([C@@H](C)O)NC(=O)[C@H]([C@H](O)[C@H](C)CCCc2ncccn2)N(C)C(=O)[C@H](C(C)C)N(C)C(=O)[C@@H](CC(C)C)NC(=O)[C@H](CC(C)C)N(C)C(=O)[C@@H](C(C)C)OC(=O)[C@H](C)NC(=O)[C@H](CC(C)C)N(C)C1=O. The number of rotatable bonds is 19. The number of aliphatic hydroxyl groups is 2. The molecule has 0 aliphatic carbocycles. The fourth-order valence-corrected chi connectivity index (χ4v) is 11.5. The Kier molecular flexibility index (Phi) is 33.5. The predicted octanol–water partition coefficient (Wildman–Crippen LogP) is 3.20. The summed E-state index contributed by atoms with van der Waals surface area (Å²) in [5.41, 5.74) is 0. The number of nitrogens with one attached hydrogen (secondary N) is 4. The van der Waals surface area contributed by atoms with Gasteiger partial charge in [-0.2, -0.15) is 0 Å². The zero-order valence-electron chi connectivity index (χ0n) is 60.0. The van der Waals surface area contributed by atoms with Gasteiger partial charge in [0, 0.05) is 61.1 Å². The van der Waals surface area contributed by atoms with Gasteiger partial charge in [0.2, 0.25) is 53.2 Å². The number of aliphatic hydroxyl groups excluding tert-OH is 2. The van der Waals surface area contributed by atoms with Crippen LogP contribution in [-0.4, -0.2) is 236 Å². The van der Waals surface area contributed by atoms with Crippen LogP contribution in [0, 0.1) is 47.3 Å². The lowest BCUT2D eigenvalue weighted by Crippen LogP contribution is -2.64. The molecule has 2 heterocycles. The lowest BCUT2D eigenvalue weighted by atomic mass is 9.90. The summed E-state index contributed by atoms with van der Waals surface area (Å²) in [6.45, 7) is 28.7. The highest BCUT2D eigenvalue weighted by molar-refractivity contribution is 5.99. The number of ether oxygens (including phenoxy) is 1. The molecular formula is C67H116N12O14. The van der Waals surface area contributed by atoms with E-state index in [1.54, 1.807) is 53.1 Å². The summed E-state index contributed by atoms with van der Waals surface area (Å²) in [5.74, 6) is -11.2. The fraction of sp³-hybridized carbons (Fsp3) is 0.776. The lowest BCUT2D eigenvalue weighted by Gasteiger charge is -2.40. The summed E-state index contributed by atoms with van der Waals surface area (Å²) in [5, 5.41) is 34.6. The fourth-order valence-electron chi connectivity index (χ4n) is 11.5. The van der Waals surface area contributed by atoms with Crippen LogP contribution in [0.5, 0.6) is 0 Å². The zero-order chi connectivity index (χ0) is 71.4. The highest BCUT2D eigenvalue weighted by atomic mass is 16.6. The molecule has 1 aromatic heterocycles. The van der Waals surface area contributed by atoms with Gasteiger partial charge in [-0.05, 0) is 112 Å². The largest absolute Gasteiger partial charge is 0.450 e. The number of carbonyl (C=O) groups excluding carboxylic acids is 11. The number of carbonyl (C=O) groups is 11. The first-order valence-corrected chi connectivity index (χ1v) is 33.2. The monoisotopic (exact) mass is 1310 g/mol. The average Bonchev–Trinajstić information content (AvgIpc) is 1.06. The van der Waals surface area contributed by atoms with Crippen molar-refractivity contribution in [3.63, 3.8) is 0 Å². The summed E-state index contributed by atoms with van der Waals surface area (Å²) in [6.07, 6.45) is 0.114. The molecule has 1 aliphatic heterocycles. The van der Waals surface area contributed by atoms with E-state index in [2.05, 4.69) is 31.2 Å². The predicted molar refractivity (Wildman–Crippen MR) is 352 cm³/mol. The molecule has 6 N–H and O–H groups in total. The van der Waals surface area contributed by atoms with Gasteiger partial charge in [-0.3, -0.25) is 47.9 Å². The van der Waals surface area contributed by atoms with Crippen molar-refractivity contribution in [3.8, 4) is 0 Å². The van der Waals surface area contributed by atoms with Gasteiger partial charge in [-0.1, -0.05) is 104 Å². The molecule has 1 aromatic rings. The average molecular weight is 1310 g/mol. The van der Waals surface area contributed by atoms with Gasteiger partial charge in [0.25, 0.3) is 5.91 Å². The van der Waals surface area contributed by atoms with Crippen molar-refractivity contribution in [2.45, 2.75) is 242 Å². The van der Waals surface area contributed by atoms with Crippen molar-refractivity contribution in [1.82, 2.24) is 60.6 Å². The van der Waals surface area contributed by atoms with Crippen LogP contribution in [0.25, 0.3) is 0 Å². The van der Waals surface area contributed by atoms with E-state index in [0.29, 0.717) is 25.1 Å². The summed E-state index contributed by atoms with van der Waals surface area (Å²) in [6, 6.07) is -10.7. The Labute approximate surface area is 553 Å². The van der Waals surface area contributed by atoms with Crippen LogP contribution in [-0.2, 0) is 63.9 Å². The van der Waals surface area contributed by atoms with E-state index >= 15 is 14.4 Å². The Balaban J connectivity index is 3.03. The Morgan fingerprint density at radius 1 is 0.495 bits per heavy atom. The number of likely N-dealkylation sites (N-methyl/N-ethyl adjacent to an activating group) is 6.